The van der Waals surface area contributed by atoms with E-state index in [-0.39, 0.29) is 19.4 Å². The summed E-state index contributed by atoms with van der Waals surface area (Å²) in [5.41, 5.74) is 0.573. The predicted molar refractivity (Wildman–Crippen MR) is 129 cm³/mol. The first kappa shape index (κ1) is 26.7. The molecule has 0 aliphatic carbocycles. The SMILES string of the molecule is COCCC(NC(=O)c1ccccc1)C(=O)NC(Cc1ccccc1)C(=O)C(=O)NC(C)(C)C. The van der Waals surface area contributed by atoms with Crippen molar-refractivity contribution < 1.29 is 23.9 Å². The number of nitrogens with one attached hydrogen (secondary N) is 3. The zero-order chi connectivity index (χ0) is 25.1. The molecule has 2 atom stereocenters. The van der Waals surface area contributed by atoms with Crippen molar-refractivity contribution in [1.29, 1.82) is 0 Å². The van der Waals surface area contributed by atoms with Crippen LogP contribution in [0.4, 0.5) is 0 Å². The number of benzene rings is 2. The Bertz CT molecular complexity index is 971. The third kappa shape index (κ3) is 8.78. The summed E-state index contributed by atoms with van der Waals surface area (Å²) in [4.78, 5) is 51.4. The molecular formula is C26H33N3O5. The van der Waals surface area contributed by atoms with Gasteiger partial charge in [-0.15, -0.1) is 0 Å². The molecule has 0 bridgehead atoms. The number of hydrogen-bond donors (Lipinski definition) is 3. The van der Waals surface area contributed by atoms with Crippen LogP contribution in [0.3, 0.4) is 0 Å². The molecule has 34 heavy (non-hydrogen) atoms. The topological polar surface area (TPSA) is 114 Å². The summed E-state index contributed by atoms with van der Waals surface area (Å²) in [7, 11) is 1.49. The average molecular weight is 468 g/mol. The third-order valence-electron chi connectivity index (χ3n) is 4.90. The Morgan fingerprint density at radius 2 is 1.44 bits per heavy atom. The van der Waals surface area contributed by atoms with Gasteiger partial charge in [-0.05, 0) is 44.9 Å². The number of ether oxygens (including phenoxy) is 1. The molecule has 0 spiro atoms. The van der Waals surface area contributed by atoms with Gasteiger partial charge in [0, 0.05) is 31.2 Å². The van der Waals surface area contributed by atoms with Gasteiger partial charge >= 0.3 is 0 Å². The Hall–Kier alpha value is -3.52. The van der Waals surface area contributed by atoms with Crippen molar-refractivity contribution in [2.24, 2.45) is 0 Å². The van der Waals surface area contributed by atoms with E-state index in [9.17, 15) is 19.2 Å². The monoisotopic (exact) mass is 467 g/mol. The van der Waals surface area contributed by atoms with Crippen molar-refractivity contribution in [2.75, 3.05) is 13.7 Å². The first-order chi connectivity index (χ1) is 16.1. The summed E-state index contributed by atoms with van der Waals surface area (Å²) in [6.45, 7) is 5.52. The van der Waals surface area contributed by atoms with Crippen molar-refractivity contribution in [2.45, 2.75) is 51.2 Å². The van der Waals surface area contributed by atoms with Crippen LogP contribution in [0.2, 0.25) is 0 Å². The molecule has 2 aromatic rings. The quantitative estimate of drug-likeness (QED) is 0.438. The van der Waals surface area contributed by atoms with E-state index < -0.39 is 41.1 Å². The largest absolute Gasteiger partial charge is 0.385 e. The molecule has 0 saturated carbocycles. The Balaban J connectivity index is 2.22. The highest BCUT2D eigenvalue weighted by Crippen LogP contribution is 2.08. The highest BCUT2D eigenvalue weighted by molar-refractivity contribution is 6.38. The van der Waals surface area contributed by atoms with Gasteiger partial charge in [-0.3, -0.25) is 19.2 Å². The first-order valence-corrected chi connectivity index (χ1v) is 11.2. The number of carbonyl (C=O) groups is 4. The van der Waals surface area contributed by atoms with Gasteiger partial charge < -0.3 is 20.7 Å². The van der Waals surface area contributed by atoms with E-state index >= 15 is 0 Å². The molecule has 2 unspecified atom stereocenters. The molecule has 3 N–H and O–H groups in total. The van der Waals surface area contributed by atoms with E-state index in [0.717, 1.165) is 5.56 Å². The maximum atomic E-state index is 13.2. The van der Waals surface area contributed by atoms with Gasteiger partial charge in [0.25, 0.3) is 11.8 Å². The van der Waals surface area contributed by atoms with Gasteiger partial charge in [0.2, 0.25) is 11.7 Å². The van der Waals surface area contributed by atoms with Crippen LogP contribution in [0.1, 0.15) is 43.1 Å². The van der Waals surface area contributed by atoms with E-state index in [1.54, 1.807) is 51.1 Å². The van der Waals surface area contributed by atoms with Gasteiger partial charge in [-0.25, -0.2) is 0 Å². The number of Topliss-reactive ketones (excluding diaryl/α,β-unsaturated/α-hetero) is 1. The second-order valence-electron chi connectivity index (χ2n) is 8.99. The molecule has 2 aromatic carbocycles. The highest BCUT2D eigenvalue weighted by Gasteiger charge is 2.32. The van der Waals surface area contributed by atoms with Crippen molar-refractivity contribution in [3.63, 3.8) is 0 Å². The van der Waals surface area contributed by atoms with Crippen LogP contribution in [0.25, 0.3) is 0 Å². The van der Waals surface area contributed by atoms with Crippen LogP contribution in [0, 0.1) is 0 Å². The summed E-state index contributed by atoms with van der Waals surface area (Å²) in [6.07, 6.45) is 0.327. The molecule has 0 aliphatic heterocycles. The van der Waals surface area contributed by atoms with Crippen LogP contribution in [0.5, 0.6) is 0 Å². The minimum atomic E-state index is -1.10. The minimum Gasteiger partial charge on any atom is -0.385 e. The van der Waals surface area contributed by atoms with E-state index in [1.807, 2.05) is 30.3 Å². The van der Waals surface area contributed by atoms with Crippen LogP contribution < -0.4 is 16.0 Å². The fourth-order valence-electron chi connectivity index (χ4n) is 3.23. The average Bonchev–Trinajstić information content (AvgIpc) is 2.80. The molecule has 182 valence electrons. The summed E-state index contributed by atoms with van der Waals surface area (Å²) in [5, 5.41) is 8.02. The Kier molecular flexibility index (Phi) is 9.94. The highest BCUT2D eigenvalue weighted by atomic mass is 16.5. The van der Waals surface area contributed by atoms with Crippen LogP contribution in [-0.4, -0.2) is 54.8 Å². The van der Waals surface area contributed by atoms with Crippen molar-refractivity contribution in [3.8, 4) is 0 Å². The molecule has 0 aromatic heterocycles. The normalized spacial score (nSPS) is 12.8. The van der Waals surface area contributed by atoms with Crippen LogP contribution >= 0.6 is 0 Å². The van der Waals surface area contributed by atoms with E-state index in [4.69, 9.17) is 4.74 Å². The predicted octanol–water partition coefficient (Wildman–Crippen LogP) is 2.03. The molecule has 2 rings (SSSR count). The fraction of sp³-hybridized carbons (Fsp3) is 0.385. The van der Waals surface area contributed by atoms with Gasteiger partial charge in [-0.1, -0.05) is 48.5 Å². The van der Waals surface area contributed by atoms with Gasteiger partial charge in [-0.2, -0.15) is 0 Å². The van der Waals surface area contributed by atoms with Gasteiger partial charge in [0.1, 0.15) is 12.1 Å². The van der Waals surface area contributed by atoms with Gasteiger partial charge in [0.05, 0.1) is 0 Å². The molecule has 0 fully saturated rings. The van der Waals surface area contributed by atoms with Crippen molar-refractivity contribution in [3.05, 3.63) is 71.8 Å². The third-order valence-corrected chi connectivity index (χ3v) is 4.90. The lowest BCUT2D eigenvalue weighted by Crippen LogP contribution is -2.56. The molecule has 3 amide bonds. The molecule has 0 radical (unpaired) electrons. The zero-order valence-electron chi connectivity index (χ0n) is 20.1. The molecule has 8 nitrogen and oxygen atoms in total. The van der Waals surface area contributed by atoms with Crippen LogP contribution in [-0.2, 0) is 25.5 Å². The van der Waals surface area contributed by atoms with E-state index in [1.165, 1.54) is 7.11 Å². The van der Waals surface area contributed by atoms with Crippen molar-refractivity contribution in [1.82, 2.24) is 16.0 Å². The standard InChI is InChI=1S/C26H33N3O5/c1-26(2,3)29-25(33)22(30)21(17-18-11-7-5-8-12-18)28-24(32)20(15-16-34-4)27-23(31)19-13-9-6-10-14-19/h5-14,20-21H,15-17H2,1-4H3,(H,27,31)(H,28,32)(H,29,33). The number of amides is 3. The number of ketones is 1. The smallest absolute Gasteiger partial charge is 0.290 e. The number of carbonyl (C=O) groups excluding carboxylic acids is 4. The second-order valence-corrected chi connectivity index (χ2v) is 8.99. The number of hydrogen-bond acceptors (Lipinski definition) is 5. The first-order valence-electron chi connectivity index (χ1n) is 11.2. The maximum Gasteiger partial charge on any atom is 0.290 e. The summed E-state index contributed by atoms with van der Waals surface area (Å²) in [6, 6.07) is 15.5. The van der Waals surface area contributed by atoms with Gasteiger partial charge in [0.15, 0.2) is 0 Å². The van der Waals surface area contributed by atoms with Crippen molar-refractivity contribution >= 4 is 23.5 Å². The molecule has 0 heterocycles. The second kappa shape index (κ2) is 12.6. The molecule has 0 aliphatic rings. The lowest BCUT2D eigenvalue weighted by atomic mass is 10.00. The Morgan fingerprint density at radius 3 is 2.00 bits per heavy atom. The summed E-state index contributed by atoms with van der Waals surface area (Å²) >= 11 is 0. The van der Waals surface area contributed by atoms with Crippen LogP contribution in [0.15, 0.2) is 60.7 Å². The summed E-state index contributed by atoms with van der Waals surface area (Å²) in [5.74, 6) is -2.53. The molecule has 8 heteroatoms. The minimum absolute atomic E-state index is 0.132. The Morgan fingerprint density at radius 1 is 0.853 bits per heavy atom. The number of methoxy groups -OCH3 is 1. The zero-order valence-corrected chi connectivity index (χ0v) is 20.1. The number of rotatable bonds is 11. The molecular weight excluding hydrogens is 434 g/mol. The van der Waals surface area contributed by atoms with E-state index in [0.29, 0.717) is 5.56 Å². The lowest BCUT2D eigenvalue weighted by Gasteiger charge is -2.25. The fourth-order valence-corrected chi connectivity index (χ4v) is 3.23. The summed E-state index contributed by atoms with van der Waals surface area (Å²) < 4.78 is 5.09. The lowest BCUT2D eigenvalue weighted by molar-refractivity contribution is -0.141. The molecule has 0 saturated heterocycles. The Labute approximate surface area is 200 Å². The maximum absolute atomic E-state index is 13.2. The van der Waals surface area contributed by atoms with E-state index in [2.05, 4.69) is 16.0 Å².